The predicted octanol–water partition coefficient (Wildman–Crippen LogP) is 4.74. The van der Waals surface area contributed by atoms with Crippen LogP contribution in [0.3, 0.4) is 0 Å². The van der Waals surface area contributed by atoms with Crippen LogP contribution in [0.4, 0.5) is 0 Å². The molecule has 0 amide bonds. The zero-order valence-corrected chi connectivity index (χ0v) is 15.1. The van der Waals surface area contributed by atoms with Crippen LogP contribution in [0.5, 0.6) is 0 Å². The number of methoxy groups -OCH3 is 1. The van der Waals surface area contributed by atoms with Crippen LogP contribution in [-0.4, -0.2) is 13.1 Å². The summed E-state index contributed by atoms with van der Waals surface area (Å²) in [6.07, 6.45) is 11.5. The molecule has 0 saturated heterocycles. The van der Waals surface area contributed by atoms with Crippen molar-refractivity contribution >= 4 is 5.97 Å². The molecule has 23 heavy (non-hydrogen) atoms. The first-order chi connectivity index (χ1) is 10.8. The van der Waals surface area contributed by atoms with E-state index < -0.39 is 0 Å². The third-order valence-electron chi connectivity index (χ3n) is 9.29. The highest BCUT2D eigenvalue weighted by molar-refractivity contribution is 5.77. The van der Waals surface area contributed by atoms with Gasteiger partial charge in [0.05, 0.1) is 12.5 Å². The van der Waals surface area contributed by atoms with Gasteiger partial charge in [0.15, 0.2) is 0 Å². The largest absolute Gasteiger partial charge is 0.469 e. The van der Waals surface area contributed by atoms with Crippen LogP contribution in [0.25, 0.3) is 0 Å². The molecule has 0 aromatic heterocycles. The summed E-state index contributed by atoms with van der Waals surface area (Å²) in [4.78, 5) is 12.6. The molecule has 4 bridgehead atoms. The Hall–Kier alpha value is -0.790. The lowest BCUT2D eigenvalue weighted by atomic mass is 9.43. The lowest BCUT2D eigenvalue weighted by Crippen LogP contribution is -2.55. The van der Waals surface area contributed by atoms with Crippen molar-refractivity contribution in [3.8, 4) is 0 Å². The topological polar surface area (TPSA) is 26.3 Å². The zero-order valence-electron chi connectivity index (χ0n) is 15.1. The molecule has 6 aliphatic carbocycles. The molecule has 7 unspecified atom stereocenters. The molecule has 2 nitrogen and oxygen atoms in total. The molecule has 7 atom stereocenters. The molecule has 6 rings (SSSR count). The molecule has 1 spiro atoms. The third kappa shape index (κ3) is 1.42. The smallest absolute Gasteiger partial charge is 0.311 e. The minimum atomic E-state index is -0.280. The second kappa shape index (κ2) is 3.89. The fourth-order valence-corrected chi connectivity index (χ4v) is 8.25. The SMILES string of the molecule is COC(=O)C1(C)CCCC2(C)C3=CC4C5CC3(CCC12)CC45C. The van der Waals surface area contributed by atoms with Crippen molar-refractivity contribution in [3.05, 3.63) is 11.6 Å². The monoisotopic (exact) mass is 314 g/mol. The Bertz CT molecular complexity index is 636. The van der Waals surface area contributed by atoms with Gasteiger partial charge < -0.3 is 4.74 Å². The number of fused-ring (bicyclic) bond motifs is 1. The van der Waals surface area contributed by atoms with E-state index in [4.69, 9.17) is 4.74 Å². The molecular weight excluding hydrogens is 284 g/mol. The van der Waals surface area contributed by atoms with E-state index in [0.29, 0.717) is 16.7 Å². The molecule has 0 aromatic rings. The molecule has 126 valence electrons. The average Bonchev–Trinajstić information content (AvgIpc) is 2.97. The van der Waals surface area contributed by atoms with Gasteiger partial charge in [0, 0.05) is 0 Å². The highest BCUT2D eigenvalue weighted by atomic mass is 16.5. The van der Waals surface area contributed by atoms with Crippen molar-refractivity contribution in [1.29, 1.82) is 0 Å². The summed E-state index contributed by atoms with van der Waals surface area (Å²) in [6.45, 7) is 7.20. The summed E-state index contributed by atoms with van der Waals surface area (Å²) >= 11 is 0. The van der Waals surface area contributed by atoms with E-state index in [1.165, 1.54) is 32.1 Å². The first-order valence-electron chi connectivity index (χ1n) is 9.61. The van der Waals surface area contributed by atoms with Crippen molar-refractivity contribution in [2.75, 3.05) is 7.11 Å². The zero-order chi connectivity index (χ0) is 16.3. The summed E-state index contributed by atoms with van der Waals surface area (Å²) in [7, 11) is 1.57. The van der Waals surface area contributed by atoms with E-state index >= 15 is 0 Å². The van der Waals surface area contributed by atoms with Crippen LogP contribution < -0.4 is 0 Å². The Labute approximate surface area is 140 Å². The molecule has 0 aromatic carbocycles. The minimum Gasteiger partial charge on any atom is -0.469 e. The quantitative estimate of drug-likeness (QED) is 0.516. The highest BCUT2D eigenvalue weighted by Gasteiger charge is 2.75. The molecular formula is C21H30O2. The standard InChI is InChI=1S/C21H30O2/c1-18-7-5-8-19(2,17(22)23-4)15(18)6-9-21-11-14-13(10-16(18)21)20(14,3)12-21/h10,13-15H,5-9,11-12H2,1-4H3. The summed E-state index contributed by atoms with van der Waals surface area (Å²) in [5, 5.41) is 0. The number of hydrogen-bond donors (Lipinski definition) is 0. The molecule has 4 saturated carbocycles. The Balaban J connectivity index is 1.60. The summed E-state index contributed by atoms with van der Waals surface area (Å²) in [6, 6.07) is 0. The highest BCUT2D eigenvalue weighted by Crippen LogP contribution is 2.83. The fourth-order valence-electron chi connectivity index (χ4n) is 8.25. The van der Waals surface area contributed by atoms with Gasteiger partial charge in [0.25, 0.3) is 0 Å². The van der Waals surface area contributed by atoms with E-state index in [9.17, 15) is 4.79 Å². The van der Waals surface area contributed by atoms with Gasteiger partial charge in [0.1, 0.15) is 0 Å². The Morgan fingerprint density at radius 2 is 2.00 bits per heavy atom. The van der Waals surface area contributed by atoms with Crippen LogP contribution in [0.1, 0.15) is 65.7 Å². The predicted molar refractivity (Wildman–Crippen MR) is 89.6 cm³/mol. The van der Waals surface area contributed by atoms with Gasteiger partial charge >= 0.3 is 5.97 Å². The number of esters is 1. The number of allylic oxidation sites excluding steroid dienone is 2. The van der Waals surface area contributed by atoms with E-state index in [-0.39, 0.29) is 16.8 Å². The normalized spacial score (nSPS) is 58.8. The summed E-state index contributed by atoms with van der Waals surface area (Å²) < 4.78 is 5.24. The Morgan fingerprint density at radius 3 is 2.65 bits per heavy atom. The van der Waals surface area contributed by atoms with Gasteiger partial charge in [-0.3, -0.25) is 4.79 Å². The van der Waals surface area contributed by atoms with Crippen LogP contribution in [0.15, 0.2) is 11.6 Å². The van der Waals surface area contributed by atoms with E-state index in [1.54, 1.807) is 12.7 Å². The van der Waals surface area contributed by atoms with E-state index in [2.05, 4.69) is 26.8 Å². The van der Waals surface area contributed by atoms with Crippen LogP contribution >= 0.6 is 0 Å². The van der Waals surface area contributed by atoms with Crippen LogP contribution in [0, 0.1) is 39.4 Å². The van der Waals surface area contributed by atoms with Crippen molar-refractivity contribution in [3.63, 3.8) is 0 Å². The van der Waals surface area contributed by atoms with Crippen LogP contribution in [-0.2, 0) is 9.53 Å². The van der Waals surface area contributed by atoms with Gasteiger partial charge in [-0.05, 0) is 79.4 Å². The van der Waals surface area contributed by atoms with Gasteiger partial charge in [0.2, 0.25) is 0 Å². The lowest BCUT2D eigenvalue weighted by Gasteiger charge is -2.61. The molecule has 2 heteroatoms. The van der Waals surface area contributed by atoms with Gasteiger partial charge in [-0.25, -0.2) is 0 Å². The van der Waals surface area contributed by atoms with Gasteiger partial charge in [-0.15, -0.1) is 0 Å². The number of hydrogen-bond acceptors (Lipinski definition) is 2. The van der Waals surface area contributed by atoms with Gasteiger partial charge in [-0.2, -0.15) is 0 Å². The third-order valence-corrected chi connectivity index (χ3v) is 9.29. The summed E-state index contributed by atoms with van der Waals surface area (Å²) in [5.74, 6) is 2.32. The minimum absolute atomic E-state index is 0.0310. The first-order valence-corrected chi connectivity index (χ1v) is 9.61. The van der Waals surface area contributed by atoms with Crippen LogP contribution in [0.2, 0.25) is 0 Å². The number of carbonyl (C=O) groups is 1. The first kappa shape index (κ1) is 14.5. The fraction of sp³-hybridized carbons (Fsp3) is 0.857. The lowest BCUT2D eigenvalue weighted by molar-refractivity contribution is -0.165. The van der Waals surface area contributed by atoms with Crippen molar-refractivity contribution < 1.29 is 9.53 Å². The molecule has 6 aliphatic rings. The second-order valence-corrected chi connectivity index (χ2v) is 10.2. The molecule has 0 N–H and O–H groups in total. The second-order valence-electron chi connectivity index (χ2n) is 10.2. The van der Waals surface area contributed by atoms with E-state index in [0.717, 1.165) is 24.7 Å². The molecule has 0 radical (unpaired) electrons. The van der Waals surface area contributed by atoms with Crippen molar-refractivity contribution in [2.24, 2.45) is 39.4 Å². The molecule has 4 fully saturated rings. The van der Waals surface area contributed by atoms with Crippen molar-refractivity contribution in [2.45, 2.75) is 65.7 Å². The molecule has 0 heterocycles. The van der Waals surface area contributed by atoms with Gasteiger partial charge in [-0.1, -0.05) is 31.9 Å². The maximum absolute atomic E-state index is 12.6. The number of rotatable bonds is 1. The Kier molecular flexibility index (Phi) is 2.46. The van der Waals surface area contributed by atoms with E-state index in [1.807, 2.05) is 0 Å². The average molecular weight is 314 g/mol. The van der Waals surface area contributed by atoms with Crippen molar-refractivity contribution in [1.82, 2.24) is 0 Å². The Morgan fingerprint density at radius 1 is 1.22 bits per heavy atom. The maximum Gasteiger partial charge on any atom is 0.311 e. The maximum atomic E-state index is 12.6. The number of ether oxygens (including phenoxy) is 1. The number of carbonyl (C=O) groups excluding carboxylic acids is 1. The molecule has 0 aliphatic heterocycles. The summed E-state index contributed by atoms with van der Waals surface area (Å²) in [5.41, 5.74) is 2.85.